The first kappa shape index (κ1) is 17.2. The molecule has 0 aromatic heterocycles. The van der Waals surface area contributed by atoms with E-state index in [4.69, 9.17) is 4.74 Å². The van der Waals surface area contributed by atoms with Gasteiger partial charge in [0.25, 0.3) is 5.69 Å². The van der Waals surface area contributed by atoms with Gasteiger partial charge in [-0.05, 0) is 24.3 Å². The van der Waals surface area contributed by atoms with E-state index in [0.29, 0.717) is 24.1 Å². The number of likely N-dealkylation sites (tertiary alicyclic amines) is 1. The number of nitrogens with zero attached hydrogens (tertiary/aromatic N) is 2. The first-order chi connectivity index (χ1) is 10.9. The number of benzene rings is 1. The number of nitrogens with one attached hydrogen (secondary N) is 1. The Morgan fingerprint density at radius 1 is 1.39 bits per heavy atom. The number of carbonyl (C=O) groups excluding carboxylic acids is 1. The summed E-state index contributed by atoms with van der Waals surface area (Å²) in [6, 6.07) is 4.15. The van der Waals surface area contributed by atoms with Gasteiger partial charge in [-0.25, -0.2) is 0 Å². The molecule has 1 amide bonds. The van der Waals surface area contributed by atoms with Gasteiger partial charge in [-0.1, -0.05) is 13.8 Å². The predicted molar refractivity (Wildman–Crippen MR) is 87.7 cm³/mol. The molecule has 2 rings (SSSR count). The van der Waals surface area contributed by atoms with E-state index in [2.05, 4.69) is 24.1 Å². The molecule has 1 aliphatic heterocycles. The van der Waals surface area contributed by atoms with Gasteiger partial charge in [0.2, 0.25) is 5.91 Å². The van der Waals surface area contributed by atoms with Crippen LogP contribution in [0.4, 0.5) is 11.4 Å². The normalized spacial score (nSPS) is 21.7. The first-order valence-electron chi connectivity index (χ1n) is 7.73. The van der Waals surface area contributed by atoms with Crippen molar-refractivity contribution in [2.24, 2.45) is 11.8 Å². The molecule has 0 radical (unpaired) electrons. The summed E-state index contributed by atoms with van der Waals surface area (Å²) in [6.07, 6.45) is 1.19. The number of non-ortho nitro benzene ring substituents is 1. The molecule has 0 aliphatic carbocycles. The van der Waals surface area contributed by atoms with Crippen molar-refractivity contribution in [3.05, 3.63) is 28.3 Å². The van der Waals surface area contributed by atoms with Crippen molar-refractivity contribution < 1.29 is 14.5 Å². The van der Waals surface area contributed by atoms with Crippen molar-refractivity contribution in [3.63, 3.8) is 0 Å². The molecular weight excluding hydrogens is 298 g/mol. The number of anilines is 1. The number of amides is 1. The molecule has 1 aliphatic rings. The fourth-order valence-electron chi connectivity index (χ4n) is 3.21. The van der Waals surface area contributed by atoms with E-state index < -0.39 is 4.92 Å². The minimum Gasteiger partial charge on any atom is -0.494 e. The van der Waals surface area contributed by atoms with Gasteiger partial charge in [-0.15, -0.1) is 0 Å². The summed E-state index contributed by atoms with van der Waals surface area (Å²) in [5.74, 6) is 1.31. The van der Waals surface area contributed by atoms with Crippen molar-refractivity contribution in [3.8, 4) is 5.75 Å². The Hall–Kier alpha value is -2.15. The maximum absolute atomic E-state index is 12.2. The van der Waals surface area contributed by atoms with Crippen LogP contribution in [0.15, 0.2) is 18.2 Å². The van der Waals surface area contributed by atoms with Gasteiger partial charge >= 0.3 is 0 Å². The third kappa shape index (κ3) is 4.66. The number of methoxy groups -OCH3 is 1. The van der Waals surface area contributed by atoms with Gasteiger partial charge in [0.05, 0.1) is 30.3 Å². The Labute approximate surface area is 135 Å². The van der Waals surface area contributed by atoms with Crippen LogP contribution in [0.25, 0.3) is 0 Å². The molecular formula is C16H23N3O4. The fourth-order valence-corrected chi connectivity index (χ4v) is 3.21. The molecule has 126 valence electrons. The van der Waals surface area contributed by atoms with E-state index >= 15 is 0 Å². The number of piperidine rings is 1. The smallest absolute Gasteiger partial charge is 0.273 e. The average Bonchev–Trinajstić information content (AvgIpc) is 2.46. The highest BCUT2D eigenvalue weighted by Crippen LogP contribution is 2.29. The molecule has 0 unspecified atom stereocenters. The van der Waals surface area contributed by atoms with Crippen LogP contribution < -0.4 is 10.1 Å². The molecule has 1 aromatic rings. The molecule has 7 heteroatoms. The maximum atomic E-state index is 12.2. The lowest BCUT2D eigenvalue weighted by atomic mass is 9.92. The number of ether oxygens (including phenoxy) is 1. The van der Waals surface area contributed by atoms with E-state index in [1.54, 1.807) is 0 Å². The molecule has 1 saturated heterocycles. The number of hydrogen-bond donors (Lipinski definition) is 1. The second-order valence-corrected chi connectivity index (χ2v) is 6.33. The Bertz CT molecular complexity index is 581. The predicted octanol–water partition coefficient (Wildman–Crippen LogP) is 2.52. The third-order valence-electron chi connectivity index (χ3n) is 3.98. The SMILES string of the molecule is COc1cc([N+](=O)[O-])ccc1NC(=O)CN1C[C@H](C)C[C@H](C)C1. The standard InChI is InChI=1S/C16H23N3O4/c1-11-6-12(2)9-18(8-11)10-16(20)17-14-5-4-13(19(21)22)7-15(14)23-3/h4-5,7,11-12H,6,8-10H2,1-3H3,(H,17,20)/t11-,12+. The highest BCUT2D eigenvalue weighted by Gasteiger charge is 2.23. The minimum absolute atomic E-state index is 0.0708. The zero-order chi connectivity index (χ0) is 17.0. The Morgan fingerprint density at radius 3 is 2.61 bits per heavy atom. The van der Waals surface area contributed by atoms with E-state index in [-0.39, 0.29) is 17.3 Å². The Balaban J connectivity index is 2.01. The average molecular weight is 321 g/mol. The summed E-state index contributed by atoms with van der Waals surface area (Å²) in [5.41, 5.74) is 0.375. The molecule has 1 N–H and O–H groups in total. The molecule has 1 aromatic carbocycles. The summed E-state index contributed by atoms with van der Waals surface area (Å²) in [5, 5.41) is 13.6. The first-order valence-corrected chi connectivity index (χ1v) is 7.73. The lowest BCUT2D eigenvalue weighted by Gasteiger charge is -2.34. The number of carbonyl (C=O) groups is 1. The van der Waals surface area contributed by atoms with Gasteiger partial charge in [-0.2, -0.15) is 0 Å². The lowest BCUT2D eigenvalue weighted by molar-refractivity contribution is -0.384. The van der Waals surface area contributed by atoms with Crippen LogP contribution in [0.2, 0.25) is 0 Å². The number of hydrogen-bond acceptors (Lipinski definition) is 5. The summed E-state index contributed by atoms with van der Waals surface area (Å²) in [6.45, 7) is 6.53. The van der Waals surface area contributed by atoms with Crippen molar-refractivity contribution in [2.75, 3.05) is 32.1 Å². The van der Waals surface area contributed by atoms with E-state index in [1.807, 2.05) is 0 Å². The number of rotatable bonds is 5. The third-order valence-corrected chi connectivity index (χ3v) is 3.98. The van der Waals surface area contributed by atoms with Crippen LogP contribution in [0.5, 0.6) is 5.75 Å². The summed E-state index contributed by atoms with van der Waals surface area (Å²) in [4.78, 5) is 24.7. The topological polar surface area (TPSA) is 84.7 Å². The summed E-state index contributed by atoms with van der Waals surface area (Å²) >= 11 is 0. The minimum atomic E-state index is -0.495. The zero-order valence-electron chi connectivity index (χ0n) is 13.7. The zero-order valence-corrected chi connectivity index (χ0v) is 13.7. The largest absolute Gasteiger partial charge is 0.494 e. The highest BCUT2D eigenvalue weighted by molar-refractivity contribution is 5.93. The molecule has 1 heterocycles. The fraction of sp³-hybridized carbons (Fsp3) is 0.562. The van der Waals surface area contributed by atoms with Crippen LogP contribution in [-0.4, -0.2) is 42.5 Å². The second kappa shape index (κ2) is 7.41. The molecule has 0 bridgehead atoms. The van der Waals surface area contributed by atoms with Crippen LogP contribution in [-0.2, 0) is 4.79 Å². The van der Waals surface area contributed by atoms with Gasteiger partial charge in [0.15, 0.2) is 0 Å². The van der Waals surface area contributed by atoms with Gasteiger partial charge in [-0.3, -0.25) is 19.8 Å². The quantitative estimate of drug-likeness (QED) is 0.665. The van der Waals surface area contributed by atoms with E-state index in [0.717, 1.165) is 13.1 Å². The van der Waals surface area contributed by atoms with Gasteiger partial charge < -0.3 is 10.1 Å². The number of nitro benzene ring substituents is 1. The number of nitro groups is 1. The van der Waals surface area contributed by atoms with E-state index in [9.17, 15) is 14.9 Å². The molecule has 0 saturated carbocycles. The molecule has 1 fully saturated rings. The molecule has 2 atom stereocenters. The van der Waals surface area contributed by atoms with E-state index in [1.165, 1.54) is 31.7 Å². The van der Waals surface area contributed by atoms with Crippen molar-refractivity contribution >= 4 is 17.3 Å². The Kier molecular flexibility index (Phi) is 5.54. The lowest BCUT2D eigenvalue weighted by Crippen LogP contribution is -2.42. The second-order valence-electron chi connectivity index (χ2n) is 6.33. The van der Waals surface area contributed by atoms with Gasteiger partial charge in [0, 0.05) is 19.2 Å². The van der Waals surface area contributed by atoms with Crippen LogP contribution >= 0.6 is 0 Å². The maximum Gasteiger partial charge on any atom is 0.273 e. The van der Waals surface area contributed by atoms with Crippen LogP contribution in [0.1, 0.15) is 20.3 Å². The Morgan fingerprint density at radius 2 is 2.04 bits per heavy atom. The molecule has 23 heavy (non-hydrogen) atoms. The van der Waals surface area contributed by atoms with Crippen molar-refractivity contribution in [2.45, 2.75) is 20.3 Å². The van der Waals surface area contributed by atoms with Crippen molar-refractivity contribution in [1.82, 2.24) is 4.90 Å². The summed E-state index contributed by atoms with van der Waals surface area (Å²) in [7, 11) is 1.42. The monoisotopic (exact) mass is 321 g/mol. The van der Waals surface area contributed by atoms with Crippen molar-refractivity contribution in [1.29, 1.82) is 0 Å². The molecule has 0 spiro atoms. The molecule has 7 nitrogen and oxygen atoms in total. The van der Waals surface area contributed by atoms with Crippen LogP contribution in [0.3, 0.4) is 0 Å². The summed E-state index contributed by atoms with van der Waals surface area (Å²) < 4.78 is 5.13. The van der Waals surface area contributed by atoms with Crippen LogP contribution in [0, 0.1) is 22.0 Å². The highest BCUT2D eigenvalue weighted by atomic mass is 16.6. The van der Waals surface area contributed by atoms with Gasteiger partial charge in [0.1, 0.15) is 5.75 Å².